The summed E-state index contributed by atoms with van der Waals surface area (Å²) in [5.74, 6) is 0.125. The summed E-state index contributed by atoms with van der Waals surface area (Å²) in [5.41, 5.74) is 14.2. The second-order valence-corrected chi connectivity index (χ2v) is 7.64. The third kappa shape index (κ3) is 3.44. The van der Waals surface area contributed by atoms with Gasteiger partial charge in [0, 0.05) is 29.8 Å². The van der Waals surface area contributed by atoms with Crippen molar-refractivity contribution < 1.29 is 9.59 Å². The van der Waals surface area contributed by atoms with Gasteiger partial charge in [-0.15, -0.1) is 0 Å². The van der Waals surface area contributed by atoms with Crippen molar-refractivity contribution in [2.75, 3.05) is 12.3 Å². The Balaban J connectivity index is 1.72. The van der Waals surface area contributed by atoms with Crippen LogP contribution in [0.1, 0.15) is 60.6 Å². The molecule has 1 saturated heterocycles. The van der Waals surface area contributed by atoms with Crippen molar-refractivity contribution in [1.29, 1.82) is 0 Å². The predicted octanol–water partition coefficient (Wildman–Crippen LogP) is 2.68. The maximum atomic E-state index is 13.0. The van der Waals surface area contributed by atoms with E-state index in [0.29, 0.717) is 5.56 Å². The van der Waals surface area contributed by atoms with E-state index in [1.165, 1.54) is 0 Å². The van der Waals surface area contributed by atoms with E-state index < -0.39 is 5.91 Å². The minimum Gasteiger partial charge on any atom is -0.368 e. The minimum absolute atomic E-state index is 0.0991. The molecule has 1 atom stereocenters. The van der Waals surface area contributed by atoms with Gasteiger partial charge in [-0.05, 0) is 49.8 Å². The van der Waals surface area contributed by atoms with Gasteiger partial charge in [0.25, 0.3) is 0 Å². The molecule has 1 aliphatic carbocycles. The molecule has 2 aliphatic rings. The number of likely N-dealkylation sites (tertiary alicyclic amines) is 1. The van der Waals surface area contributed by atoms with E-state index in [1.807, 2.05) is 17.0 Å². The first kappa shape index (κ1) is 18.4. The van der Waals surface area contributed by atoms with Gasteiger partial charge in [-0.2, -0.15) is 0 Å². The highest BCUT2D eigenvalue weighted by Crippen LogP contribution is 2.39. The van der Waals surface area contributed by atoms with Crippen molar-refractivity contribution in [2.24, 2.45) is 11.7 Å². The highest BCUT2D eigenvalue weighted by Gasteiger charge is 2.36. The Hall–Kier alpha value is -2.96. The van der Waals surface area contributed by atoms with Crippen LogP contribution in [0.15, 0.2) is 30.5 Å². The number of nitrogen functional groups attached to an aromatic ring is 1. The van der Waals surface area contributed by atoms with Gasteiger partial charge in [0.1, 0.15) is 0 Å². The normalized spacial score (nSPS) is 19.9. The molecule has 1 aliphatic heterocycles. The molecular formula is C21H25N5O2. The fourth-order valence-corrected chi connectivity index (χ4v) is 4.07. The molecule has 4 N–H and O–H groups in total. The Morgan fingerprint density at radius 1 is 1.04 bits per heavy atom. The topological polar surface area (TPSA) is 115 Å². The molecule has 7 heteroatoms. The molecule has 1 aromatic heterocycles. The van der Waals surface area contributed by atoms with E-state index in [4.69, 9.17) is 11.5 Å². The lowest BCUT2D eigenvalue weighted by atomic mass is 9.83. The van der Waals surface area contributed by atoms with Crippen molar-refractivity contribution in [3.63, 3.8) is 0 Å². The molecule has 146 valence electrons. The summed E-state index contributed by atoms with van der Waals surface area (Å²) in [7, 11) is 0. The number of piperidine rings is 1. The molecule has 0 bridgehead atoms. The Labute approximate surface area is 164 Å². The van der Waals surface area contributed by atoms with Crippen LogP contribution in [0.4, 0.5) is 5.95 Å². The lowest BCUT2D eigenvalue weighted by molar-refractivity contribution is -0.142. The maximum Gasteiger partial charge on any atom is 0.248 e. The number of hydrogen-bond acceptors (Lipinski definition) is 5. The summed E-state index contributed by atoms with van der Waals surface area (Å²) >= 11 is 0. The van der Waals surface area contributed by atoms with Crippen LogP contribution in [0.2, 0.25) is 0 Å². The predicted molar refractivity (Wildman–Crippen MR) is 106 cm³/mol. The number of primary amides is 1. The van der Waals surface area contributed by atoms with Crippen LogP contribution in [0.5, 0.6) is 0 Å². The molecule has 2 aromatic rings. The van der Waals surface area contributed by atoms with Crippen molar-refractivity contribution in [3.8, 4) is 11.1 Å². The molecule has 0 spiro atoms. The molecule has 2 fully saturated rings. The zero-order valence-corrected chi connectivity index (χ0v) is 15.8. The van der Waals surface area contributed by atoms with Crippen molar-refractivity contribution in [3.05, 3.63) is 41.7 Å². The summed E-state index contributed by atoms with van der Waals surface area (Å²) in [5, 5.41) is 0. The first-order valence-electron chi connectivity index (χ1n) is 9.87. The SMILES string of the molecule is NC(=O)c1ccc(-c2cnc(N)nc2[C@H]2CCCCN2C(=O)C2CCC2)cc1. The number of rotatable bonds is 4. The highest BCUT2D eigenvalue weighted by molar-refractivity contribution is 5.93. The number of nitrogens with zero attached hydrogens (tertiary/aromatic N) is 3. The third-order valence-corrected chi connectivity index (χ3v) is 5.87. The van der Waals surface area contributed by atoms with Gasteiger partial charge in [0.15, 0.2) is 0 Å². The number of carbonyl (C=O) groups is 2. The van der Waals surface area contributed by atoms with Crippen molar-refractivity contribution in [2.45, 2.75) is 44.6 Å². The van der Waals surface area contributed by atoms with Crippen LogP contribution in [0.25, 0.3) is 11.1 Å². The van der Waals surface area contributed by atoms with Gasteiger partial charge in [0.2, 0.25) is 17.8 Å². The van der Waals surface area contributed by atoms with Crippen LogP contribution < -0.4 is 11.5 Å². The van der Waals surface area contributed by atoms with Gasteiger partial charge in [-0.1, -0.05) is 18.6 Å². The number of aromatic nitrogens is 2. The second kappa shape index (κ2) is 7.58. The fourth-order valence-electron chi connectivity index (χ4n) is 4.07. The molecule has 0 unspecified atom stereocenters. The van der Waals surface area contributed by atoms with Gasteiger partial charge in [-0.3, -0.25) is 9.59 Å². The number of amides is 2. The zero-order chi connectivity index (χ0) is 19.7. The first-order valence-corrected chi connectivity index (χ1v) is 9.87. The van der Waals surface area contributed by atoms with Gasteiger partial charge in [0.05, 0.1) is 11.7 Å². The summed E-state index contributed by atoms with van der Waals surface area (Å²) in [6.07, 6.45) is 7.72. The minimum atomic E-state index is -0.468. The molecule has 1 saturated carbocycles. The number of hydrogen-bond donors (Lipinski definition) is 2. The van der Waals surface area contributed by atoms with Crippen LogP contribution in [-0.2, 0) is 4.79 Å². The summed E-state index contributed by atoms with van der Waals surface area (Å²) in [4.78, 5) is 35.1. The molecule has 7 nitrogen and oxygen atoms in total. The summed E-state index contributed by atoms with van der Waals surface area (Å²) in [6.45, 7) is 0.754. The van der Waals surface area contributed by atoms with E-state index in [9.17, 15) is 9.59 Å². The molecule has 1 aromatic carbocycles. The molecule has 2 heterocycles. The molecule has 0 radical (unpaired) electrons. The third-order valence-electron chi connectivity index (χ3n) is 5.87. The Bertz CT molecular complexity index is 892. The van der Waals surface area contributed by atoms with Crippen LogP contribution in [0, 0.1) is 5.92 Å². The standard InChI is InChI=1S/C21H25N5O2/c22-19(27)14-9-7-13(8-10-14)16-12-24-21(23)25-18(16)17-6-1-2-11-26(17)20(28)15-4-3-5-15/h7-10,12,15,17H,1-6,11H2,(H2,22,27)(H2,23,24,25)/t17-/m1/s1. The quantitative estimate of drug-likeness (QED) is 0.847. The number of anilines is 1. The average molecular weight is 379 g/mol. The fraction of sp³-hybridized carbons (Fsp3) is 0.429. The largest absolute Gasteiger partial charge is 0.368 e. The van der Waals surface area contributed by atoms with Crippen molar-refractivity contribution in [1.82, 2.24) is 14.9 Å². The second-order valence-electron chi connectivity index (χ2n) is 7.64. The van der Waals surface area contributed by atoms with E-state index in [1.54, 1.807) is 18.3 Å². The number of benzene rings is 1. The highest BCUT2D eigenvalue weighted by atomic mass is 16.2. The van der Waals surface area contributed by atoms with Crippen LogP contribution in [0.3, 0.4) is 0 Å². The van der Waals surface area contributed by atoms with E-state index >= 15 is 0 Å². The number of carbonyl (C=O) groups excluding carboxylic acids is 2. The van der Waals surface area contributed by atoms with E-state index in [0.717, 1.165) is 61.9 Å². The van der Waals surface area contributed by atoms with Crippen LogP contribution in [-0.4, -0.2) is 33.2 Å². The van der Waals surface area contributed by atoms with E-state index in [-0.39, 0.29) is 23.8 Å². The Morgan fingerprint density at radius 3 is 2.43 bits per heavy atom. The van der Waals surface area contributed by atoms with Gasteiger partial charge < -0.3 is 16.4 Å². The van der Waals surface area contributed by atoms with Crippen LogP contribution >= 0.6 is 0 Å². The summed E-state index contributed by atoms with van der Waals surface area (Å²) < 4.78 is 0. The molecular weight excluding hydrogens is 354 g/mol. The lowest BCUT2D eigenvalue weighted by Crippen LogP contribution is -2.44. The molecule has 28 heavy (non-hydrogen) atoms. The lowest BCUT2D eigenvalue weighted by Gasteiger charge is -2.40. The maximum absolute atomic E-state index is 13.0. The first-order chi connectivity index (χ1) is 13.5. The average Bonchev–Trinajstić information content (AvgIpc) is 2.66. The molecule has 4 rings (SSSR count). The van der Waals surface area contributed by atoms with E-state index in [2.05, 4.69) is 9.97 Å². The van der Waals surface area contributed by atoms with Gasteiger partial charge >= 0.3 is 0 Å². The smallest absolute Gasteiger partial charge is 0.248 e. The zero-order valence-electron chi connectivity index (χ0n) is 15.8. The Kier molecular flexibility index (Phi) is 4.98. The number of nitrogens with two attached hydrogens (primary N) is 2. The molecule has 2 amide bonds. The monoisotopic (exact) mass is 379 g/mol. The summed E-state index contributed by atoms with van der Waals surface area (Å²) in [6, 6.07) is 6.95. The Morgan fingerprint density at radius 2 is 1.79 bits per heavy atom. The van der Waals surface area contributed by atoms with Crippen molar-refractivity contribution >= 4 is 17.8 Å². The van der Waals surface area contributed by atoms with Gasteiger partial charge in [-0.25, -0.2) is 9.97 Å².